The quantitative estimate of drug-likeness (QED) is 0.712. The van der Waals surface area contributed by atoms with E-state index in [1.807, 2.05) is 37.3 Å². The summed E-state index contributed by atoms with van der Waals surface area (Å²) in [6, 6.07) is 9.57. The molecule has 5 heteroatoms. The SMILES string of the molecule is CC(C)CN1C(C)(C)[C@@H]2CC[C@@H](C)C[C@H]2O[P+]1([O-])[C@H](C)[C@@H](O)c1ccccc1. The van der Waals surface area contributed by atoms with Gasteiger partial charge in [0.05, 0.1) is 5.54 Å². The molecule has 28 heavy (non-hydrogen) atoms. The molecule has 1 aromatic rings. The summed E-state index contributed by atoms with van der Waals surface area (Å²) in [5.41, 5.74) is 0.106. The van der Waals surface area contributed by atoms with Crippen LogP contribution in [0.4, 0.5) is 0 Å². The zero-order valence-electron chi connectivity index (χ0n) is 18.3. The number of fused-ring (bicyclic) bond motifs is 1. The van der Waals surface area contributed by atoms with Gasteiger partial charge in [0.2, 0.25) is 0 Å². The molecule has 1 saturated heterocycles. The second-order valence-electron chi connectivity index (χ2n) is 9.96. The van der Waals surface area contributed by atoms with Crippen molar-refractivity contribution in [2.45, 2.75) is 84.2 Å². The smallest absolute Gasteiger partial charge is 0.180 e. The van der Waals surface area contributed by atoms with Crippen LogP contribution in [0.1, 0.15) is 72.5 Å². The molecule has 0 aromatic heterocycles. The van der Waals surface area contributed by atoms with Gasteiger partial charge in [-0.1, -0.05) is 57.5 Å². The van der Waals surface area contributed by atoms with Gasteiger partial charge >= 0.3 is 0 Å². The highest BCUT2D eigenvalue weighted by atomic mass is 31.2. The first-order chi connectivity index (χ1) is 13.1. The van der Waals surface area contributed by atoms with Gasteiger partial charge in [0.25, 0.3) is 0 Å². The van der Waals surface area contributed by atoms with Crippen molar-refractivity contribution < 1.29 is 14.5 Å². The van der Waals surface area contributed by atoms with Crippen LogP contribution >= 0.6 is 7.87 Å². The van der Waals surface area contributed by atoms with Crippen LogP contribution in [0.15, 0.2) is 30.3 Å². The van der Waals surface area contributed by atoms with Crippen LogP contribution < -0.4 is 4.89 Å². The van der Waals surface area contributed by atoms with E-state index in [1.165, 1.54) is 6.42 Å². The lowest BCUT2D eigenvalue weighted by Gasteiger charge is -2.60. The van der Waals surface area contributed by atoms with Gasteiger partial charge in [-0.25, -0.2) is 4.52 Å². The molecule has 6 atom stereocenters. The third kappa shape index (κ3) is 4.04. The Morgan fingerprint density at radius 2 is 1.86 bits per heavy atom. The normalized spacial score (nSPS) is 35.4. The molecule has 158 valence electrons. The Morgan fingerprint density at radius 3 is 2.46 bits per heavy atom. The van der Waals surface area contributed by atoms with Crippen molar-refractivity contribution in [2.24, 2.45) is 17.8 Å². The lowest BCUT2D eigenvalue weighted by molar-refractivity contribution is -0.240. The summed E-state index contributed by atoms with van der Waals surface area (Å²) in [4.78, 5) is 14.5. The van der Waals surface area contributed by atoms with Gasteiger partial charge < -0.3 is 10.00 Å². The van der Waals surface area contributed by atoms with Crippen LogP contribution in [0.5, 0.6) is 0 Å². The Hall–Kier alpha value is -0.510. The van der Waals surface area contributed by atoms with Gasteiger partial charge in [0.15, 0.2) is 7.87 Å². The molecule has 1 aliphatic heterocycles. The maximum Gasteiger partial charge on any atom is 0.180 e. The van der Waals surface area contributed by atoms with Gasteiger partial charge in [-0.2, -0.15) is 4.67 Å². The summed E-state index contributed by atoms with van der Waals surface area (Å²) >= 11 is 0. The highest BCUT2D eigenvalue weighted by molar-refractivity contribution is 7.62. The molecule has 0 bridgehead atoms. The number of nitrogens with zero attached hydrogens (tertiary/aromatic N) is 1. The van der Waals surface area contributed by atoms with Crippen molar-refractivity contribution in [1.82, 2.24) is 4.67 Å². The lowest BCUT2D eigenvalue weighted by atomic mass is 9.71. The van der Waals surface area contributed by atoms with Gasteiger partial charge in [-0.3, -0.25) is 0 Å². The molecule has 1 aromatic carbocycles. The molecule has 2 fully saturated rings. The van der Waals surface area contributed by atoms with Crippen LogP contribution in [0.2, 0.25) is 0 Å². The summed E-state index contributed by atoms with van der Waals surface area (Å²) in [6.45, 7) is 13.7. The van der Waals surface area contributed by atoms with Crippen molar-refractivity contribution in [1.29, 1.82) is 0 Å². The van der Waals surface area contributed by atoms with Crippen LogP contribution in [0.3, 0.4) is 0 Å². The van der Waals surface area contributed by atoms with Gasteiger partial charge in [-0.05, 0) is 51.0 Å². The first-order valence-electron chi connectivity index (χ1n) is 10.9. The zero-order chi connectivity index (χ0) is 20.7. The summed E-state index contributed by atoms with van der Waals surface area (Å²) in [5, 5.41) is 11.1. The number of rotatable bonds is 5. The number of hydrogen-bond acceptors (Lipinski definition) is 4. The Bertz CT molecular complexity index is 653. The molecule has 1 saturated carbocycles. The molecule has 1 N–H and O–H groups in total. The molecule has 1 heterocycles. The van der Waals surface area contributed by atoms with E-state index < -0.39 is 19.6 Å². The van der Waals surface area contributed by atoms with Gasteiger partial charge in [0, 0.05) is 12.5 Å². The maximum atomic E-state index is 14.5. The largest absolute Gasteiger partial charge is 0.641 e. The van der Waals surface area contributed by atoms with E-state index in [0.29, 0.717) is 17.8 Å². The first-order valence-corrected chi connectivity index (χ1v) is 12.5. The maximum absolute atomic E-state index is 14.5. The average molecular weight is 408 g/mol. The average Bonchev–Trinajstić information content (AvgIpc) is 2.64. The molecule has 0 radical (unpaired) electrons. The topological polar surface area (TPSA) is 55.8 Å². The molecule has 3 rings (SSSR count). The Kier molecular flexibility index (Phi) is 6.59. The standard InChI is InChI=1S/C23H38NO3P/c1-16(2)15-24-23(5,6)20-13-12-17(3)14-21(20)27-28(24,26)18(4)22(25)19-10-8-7-9-11-19/h7-11,16-18,20-22,25H,12-15H2,1-6H3/t17-,18-,20-,21-,22-,28?/m1/s1. The van der Waals surface area contributed by atoms with E-state index in [0.717, 1.165) is 24.9 Å². The molecular formula is C23H38NO3P. The molecule has 4 nitrogen and oxygen atoms in total. The predicted molar refractivity (Wildman–Crippen MR) is 115 cm³/mol. The minimum atomic E-state index is -3.24. The molecule has 0 amide bonds. The zero-order valence-corrected chi connectivity index (χ0v) is 19.2. The van der Waals surface area contributed by atoms with E-state index in [4.69, 9.17) is 4.52 Å². The minimum Gasteiger partial charge on any atom is -0.641 e. The predicted octanol–water partition coefficient (Wildman–Crippen LogP) is 4.80. The highest BCUT2D eigenvalue weighted by Crippen LogP contribution is 2.70. The van der Waals surface area contributed by atoms with E-state index in [9.17, 15) is 10.00 Å². The van der Waals surface area contributed by atoms with Crippen molar-refractivity contribution >= 4 is 7.87 Å². The fourth-order valence-corrected chi connectivity index (χ4v) is 8.49. The highest BCUT2D eigenvalue weighted by Gasteiger charge is 2.61. The van der Waals surface area contributed by atoms with Gasteiger partial charge in [-0.15, -0.1) is 0 Å². The van der Waals surface area contributed by atoms with E-state index in [1.54, 1.807) is 0 Å². The summed E-state index contributed by atoms with van der Waals surface area (Å²) < 4.78 is 8.66. The van der Waals surface area contributed by atoms with E-state index in [-0.39, 0.29) is 11.6 Å². The van der Waals surface area contributed by atoms with Gasteiger partial charge in [0.1, 0.15) is 17.9 Å². The Balaban J connectivity index is 1.98. The van der Waals surface area contributed by atoms with Crippen molar-refractivity contribution in [3.8, 4) is 0 Å². The number of aliphatic hydroxyl groups excluding tert-OH is 1. The van der Waals surface area contributed by atoms with E-state index >= 15 is 0 Å². The minimum absolute atomic E-state index is 0.0124. The fraction of sp³-hybridized carbons (Fsp3) is 0.739. The Morgan fingerprint density at radius 1 is 1.21 bits per heavy atom. The van der Waals surface area contributed by atoms with Crippen molar-refractivity contribution in [2.75, 3.05) is 6.54 Å². The van der Waals surface area contributed by atoms with Crippen LogP contribution in [-0.2, 0) is 4.52 Å². The lowest BCUT2D eigenvalue weighted by Crippen LogP contribution is -2.63. The van der Waals surface area contributed by atoms with Crippen LogP contribution in [-0.4, -0.2) is 33.6 Å². The summed E-state index contributed by atoms with van der Waals surface area (Å²) in [5.74, 6) is 1.35. The third-order valence-corrected chi connectivity index (χ3v) is 10.1. The molecule has 1 unspecified atom stereocenters. The van der Waals surface area contributed by atoms with Crippen LogP contribution in [0, 0.1) is 17.8 Å². The molecule has 0 spiro atoms. The first kappa shape index (κ1) is 22.2. The number of aliphatic hydroxyl groups is 1. The number of hydrogen-bond donors (Lipinski definition) is 1. The third-order valence-electron chi connectivity index (χ3n) is 6.90. The Labute approximate surface area is 171 Å². The summed E-state index contributed by atoms with van der Waals surface area (Å²) in [6.07, 6.45) is 2.48. The second-order valence-corrected chi connectivity index (χ2v) is 12.6. The van der Waals surface area contributed by atoms with Crippen molar-refractivity contribution in [3.63, 3.8) is 0 Å². The summed E-state index contributed by atoms with van der Waals surface area (Å²) in [7, 11) is -3.24. The van der Waals surface area contributed by atoms with Crippen LogP contribution in [0.25, 0.3) is 0 Å². The molecular weight excluding hydrogens is 369 g/mol. The molecule has 2 aliphatic rings. The monoisotopic (exact) mass is 407 g/mol. The van der Waals surface area contributed by atoms with Crippen molar-refractivity contribution in [3.05, 3.63) is 35.9 Å². The molecule has 1 aliphatic carbocycles. The number of benzene rings is 1. The fourth-order valence-electron chi connectivity index (χ4n) is 5.17. The second kappa shape index (κ2) is 8.32. The van der Waals surface area contributed by atoms with E-state index in [2.05, 4.69) is 39.3 Å².